The lowest BCUT2D eigenvalue weighted by Crippen LogP contribution is -2.35. The Morgan fingerprint density at radius 3 is 3.12 bits per heavy atom. The molecule has 0 fully saturated rings. The molecule has 0 saturated carbocycles. The standard InChI is InChI=1S/C11H9BrN2O3/c12-10-2-1-9(16-10)11(15)14-4-3-8-7(6-14)5-13-17-8/h1-2,5H,3-4,6H2. The lowest BCUT2D eigenvalue weighted by Gasteiger charge is -2.24. The molecule has 5 nitrogen and oxygen atoms in total. The maximum Gasteiger partial charge on any atom is 0.289 e. The Balaban J connectivity index is 1.81. The first kappa shape index (κ1) is 10.6. The summed E-state index contributed by atoms with van der Waals surface area (Å²) >= 11 is 3.18. The summed E-state index contributed by atoms with van der Waals surface area (Å²) in [6.07, 6.45) is 2.36. The largest absolute Gasteiger partial charge is 0.444 e. The highest BCUT2D eigenvalue weighted by Gasteiger charge is 2.25. The summed E-state index contributed by atoms with van der Waals surface area (Å²) in [5.74, 6) is 1.11. The van der Waals surface area contributed by atoms with Gasteiger partial charge in [-0.25, -0.2) is 0 Å². The van der Waals surface area contributed by atoms with Gasteiger partial charge in [-0.05, 0) is 28.1 Å². The van der Waals surface area contributed by atoms with Gasteiger partial charge in [-0.15, -0.1) is 0 Å². The maximum absolute atomic E-state index is 12.1. The number of fused-ring (bicyclic) bond motifs is 1. The zero-order valence-electron chi connectivity index (χ0n) is 8.85. The second-order valence-corrected chi connectivity index (χ2v) is 4.64. The molecule has 3 heterocycles. The fourth-order valence-electron chi connectivity index (χ4n) is 1.90. The van der Waals surface area contributed by atoms with Crippen molar-refractivity contribution in [3.63, 3.8) is 0 Å². The van der Waals surface area contributed by atoms with Crippen LogP contribution in [0.4, 0.5) is 0 Å². The predicted octanol–water partition coefficient (Wildman–Crippen LogP) is 2.23. The Labute approximate surface area is 105 Å². The van der Waals surface area contributed by atoms with E-state index in [1.165, 1.54) is 0 Å². The maximum atomic E-state index is 12.1. The fourth-order valence-corrected chi connectivity index (χ4v) is 2.21. The number of furan rings is 1. The van der Waals surface area contributed by atoms with Crippen molar-refractivity contribution in [3.05, 3.63) is 40.1 Å². The molecule has 1 amide bonds. The number of carbonyl (C=O) groups excluding carboxylic acids is 1. The van der Waals surface area contributed by atoms with Crippen molar-refractivity contribution in [3.8, 4) is 0 Å². The number of carbonyl (C=O) groups is 1. The molecule has 17 heavy (non-hydrogen) atoms. The molecule has 0 unspecified atom stereocenters. The van der Waals surface area contributed by atoms with E-state index in [1.54, 1.807) is 23.2 Å². The molecule has 0 saturated heterocycles. The molecule has 0 atom stereocenters. The summed E-state index contributed by atoms with van der Waals surface area (Å²) in [7, 11) is 0. The van der Waals surface area contributed by atoms with Crippen molar-refractivity contribution in [1.82, 2.24) is 10.1 Å². The van der Waals surface area contributed by atoms with E-state index >= 15 is 0 Å². The Kier molecular flexibility index (Phi) is 2.51. The molecule has 3 rings (SSSR count). The first-order valence-electron chi connectivity index (χ1n) is 5.21. The van der Waals surface area contributed by atoms with Crippen LogP contribution in [-0.4, -0.2) is 22.5 Å². The Bertz CT molecular complexity index is 561. The van der Waals surface area contributed by atoms with Gasteiger partial charge in [-0.1, -0.05) is 5.16 Å². The van der Waals surface area contributed by atoms with Crippen LogP contribution in [0.1, 0.15) is 21.9 Å². The zero-order chi connectivity index (χ0) is 11.8. The van der Waals surface area contributed by atoms with Crippen molar-refractivity contribution >= 4 is 21.8 Å². The minimum atomic E-state index is -0.109. The van der Waals surface area contributed by atoms with Crippen molar-refractivity contribution in [2.24, 2.45) is 0 Å². The highest BCUT2D eigenvalue weighted by atomic mass is 79.9. The van der Waals surface area contributed by atoms with Gasteiger partial charge in [-0.3, -0.25) is 4.79 Å². The van der Waals surface area contributed by atoms with Crippen LogP contribution in [0.25, 0.3) is 0 Å². The first-order valence-corrected chi connectivity index (χ1v) is 6.00. The van der Waals surface area contributed by atoms with Crippen molar-refractivity contribution in [2.45, 2.75) is 13.0 Å². The number of nitrogens with zero attached hydrogens (tertiary/aromatic N) is 2. The number of amides is 1. The molecule has 0 N–H and O–H groups in total. The molecular formula is C11H9BrN2O3. The molecule has 1 aliphatic heterocycles. The summed E-state index contributed by atoms with van der Waals surface area (Å²) in [5, 5.41) is 3.73. The third-order valence-corrected chi connectivity index (χ3v) is 3.20. The van der Waals surface area contributed by atoms with Gasteiger partial charge in [0.2, 0.25) is 0 Å². The molecule has 0 bridgehead atoms. The second-order valence-electron chi connectivity index (χ2n) is 3.85. The van der Waals surface area contributed by atoms with Crippen molar-refractivity contribution < 1.29 is 13.7 Å². The van der Waals surface area contributed by atoms with Crippen LogP contribution in [0.15, 0.2) is 31.9 Å². The summed E-state index contributed by atoms with van der Waals surface area (Å²) in [6.45, 7) is 1.15. The topological polar surface area (TPSA) is 59.5 Å². The highest BCUT2D eigenvalue weighted by Crippen LogP contribution is 2.21. The number of hydrogen-bond acceptors (Lipinski definition) is 4. The SMILES string of the molecule is O=C(c1ccc(Br)o1)N1CCc2oncc2C1. The van der Waals surface area contributed by atoms with Crippen LogP contribution in [0.3, 0.4) is 0 Å². The van der Waals surface area contributed by atoms with E-state index in [0.29, 0.717) is 29.9 Å². The number of hydrogen-bond donors (Lipinski definition) is 0. The van der Waals surface area contributed by atoms with E-state index in [2.05, 4.69) is 21.1 Å². The van der Waals surface area contributed by atoms with Crippen molar-refractivity contribution in [1.29, 1.82) is 0 Å². The van der Waals surface area contributed by atoms with E-state index in [4.69, 9.17) is 8.94 Å². The van der Waals surface area contributed by atoms with Crippen LogP contribution in [0.2, 0.25) is 0 Å². The van der Waals surface area contributed by atoms with Gasteiger partial charge in [0.15, 0.2) is 10.4 Å². The molecule has 0 spiro atoms. The van der Waals surface area contributed by atoms with E-state index in [0.717, 1.165) is 11.3 Å². The summed E-state index contributed by atoms with van der Waals surface area (Å²) in [6, 6.07) is 3.37. The number of aromatic nitrogens is 1. The van der Waals surface area contributed by atoms with Gasteiger partial charge in [0, 0.05) is 18.5 Å². The van der Waals surface area contributed by atoms with Gasteiger partial charge in [0.05, 0.1) is 12.7 Å². The predicted molar refractivity (Wildman–Crippen MR) is 61.4 cm³/mol. The van der Waals surface area contributed by atoms with Crippen LogP contribution >= 0.6 is 15.9 Å². The molecule has 1 aliphatic rings. The van der Waals surface area contributed by atoms with Crippen molar-refractivity contribution in [2.75, 3.05) is 6.54 Å². The average molecular weight is 297 g/mol. The van der Waals surface area contributed by atoms with E-state index < -0.39 is 0 Å². The Hall–Kier alpha value is -1.56. The van der Waals surface area contributed by atoms with Crippen LogP contribution in [0, 0.1) is 0 Å². The van der Waals surface area contributed by atoms with E-state index in [-0.39, 0.29) is 5.91 Å². The van der Waals surface area contributed by atoms with Crippen LogP contribution < -0.4 is 0 Å². The number of rotatable bonds is 1. The van der Waals surface area contributed by atoms with E-state index in [1.807, 2.05) is 0 Å². The normalized spacial score (nSPS) is 14.8. The molecule has 0 aromatic carbocycles. The van der Waals surface area contributed by atoms with Gasteiger partial charge >= 0.3 is 0 Å². The highest BCUT2D eigenvalue weighted by molar-refractivity contribution is 9.10. The minimum Gasteiger partial charge on any atom is -0.444 e. The Morgan fingerprint density at radius 1 is 1.47 bits per heavy atom. The quantitative estimate of drug-likeness (QED) is 0.810. The average Bonchev–Trinajstić information content (AvgIpc) is 2.95. The lowest BCUT2D eigenvalue weighted by molar-refractivity contribution is 0.0695. The summed E-state index contributed by atoms with van der Waals surface area (Å²) in [4.78, 5) is 13.8. The van der Waals surface area contributed by atoms with Gasteiger partial charge in [0.25, 0.3) is 5.91 Å². The summed E-state index contributed by atoms with van der Waals surface area (Å²) < 4.78 is 10.9. The van der Waals surface area contributed by atoms with E-state index in [9.17, 15) is 4.79 Å². The summed E-state index contributed by atoms with van der Waals surface area (Å²) in [5.41, 5.74) is 0.968. The molecular weight excluding hydrogens is 288 g/mol. The zero-order valence-corrected chi connectivity index (χ0v) is 10.4. The molecule has 88 valence electrons. The first-order chi connectivity index (χ1) is 8.24. The number of halogens is 1. The molecule has 0 aliphatic carbocycles. The smallest absolute Gasteiger partial charge is 0.289 e. The monoisotopic (exact) mass is 296 g/mol. The molecule has 6 heteroatoms. The lowest BCUT2D eigenvalue weighted by atomic mass is 10.1. The second kappa shape index (κ2) is 4.03. The molecule has 0 radical (unpaired) electrons. The van der Waals surface area contributed by atoms with Gasteiger partial charge in [-0.2, -0.15) is 0 Å². The van der Waals surface area contributed by atoms with Gasteiger partial charge in [0.1, 0.15) is 5.76 Å². The third kappa shape index (κ3) is 1.88. The Morgan fingerprint density at radius 2 is 2.35 bits per heavy atom. The molecule has 2 aromatic rings. The molecule has 2 aromatic heterocycles. The van der Waals surface area contributed by atoms with Crippen LogP contribution in [-0.2, 0) is 13.0 Å². The van der Waals surface area contributed by atoms with Crippen LogP contribution in [0.5, 0.6) is 0 Å². The van der Waals surface area contributed by atoms with Gasteiger partial charge < -0.3 is 13.8 Å². The fraction of sp³-hybridized carbons (Fsp3) is 0.273. The minimum absolute atomic E-state index is 0.109. The third-order valence-electron chi connectivity index (χ3n) is 2.77.